The van der Waals surface area contributed by atoms with E-state index < -0.39 is 0 Å². The molecule has 5 nitrogen and oxygen atoms in total. The van der Waals surface area contributed by atoms with Crippen molar-refractivity contribution in [3.05, 3.63) is 289 Å². The molecule has 0 N–H and O–H groups in total. The van der Waals surface area contributed by atoms with Gasteiger partial charge in [-0.1, -0.05) is 210 Å². The van der Waals surface area contributed by atoms with Crippen molar-refractivity contribution in [2.75, 3.05) is 14.7 Å². The van der Waals surface area contributed by atoms with Crippen molar-refractivity contribution in [2.24, 2.45) is 0 Å². The average Bonchev–Trinajstić information content (AvgIpc) is 1.39. The van der Waals surface area contributed by atoms with E-state index >= 15 is 0 Å². The number of aryl methyl sites for hydroxylation is 2. The number of benzene rings is 13. The highest BCUT2D eigenvalue weighted by molar-refractivity contribution is 7.00. The van der Waals surface area contributed by atoms with Crippen molar-refractivity contribution in [3.63, 3.8) is 0 Å². The fourth-order valence-corrected chi connectivity index (χ4v) is 15.1. The first-order chi connectivity index (χ1) is 43.2. The van der Waals surface area contributed by atoms with Gasteiger partial charge in [0.15, 0.2) is 0 Å². The Bertz CT molecular complexity index is 4830. The lowest BCUT2D eigenvalue weighted by atomic mass is 9.34. The van der Waals surface area contributed by atoms with Gasteiger partial charge in [0.05, 0.1) is 50.8 Å². The van der Waals surface area contributed by atoms with Crippen molar-refractivity contribution < 1.29 is 0 Å². The summed E-state index contributed by atoms with van der Waals surface area (Å²) in [7, 11) is 0. The lowest BCUT2D eigenvalue weighted by Crippen LogP contribution is -2.59. The number of fused-ring (bicyclic) bond motifs is 8. The third kappa shape index (κ3) is 7.81. The fraction of sp³-hybridized carbons (Fsp3) is 0.0976. The van der Waals surface area contributed by atoms with Crippen LogP contribution in [0.1, 0.15) is 62.0 Å². The summed E-state index contributed by atoms with van der Waals surface area (Å²) in [5.41, 5.74) is 24.0. The van der Waals surface area contributed by atoms with Crippen molar-refractivity contribution in [3.8, 4) is 11.4 Å². The van der Waals surface area contributed by atoms with E-state index in [9.17, 15) is 0 Å². The van der Waals surface area contributed by atoms with Crippen LogP contribution in [0.2, 0.25) is 0 Å². The molecule has 0 bridgehead atoms. The minimum atomic E-state index is -0.105. The highest BCUT2D eigenvalue weighted by Crippen LogP contribution is 2.50. The Balaban J connectivity index is 0.978. The lowest BCUT2D eigenvalue weighted by molar-refractivity contribution is 0.866. The molecule has 17 rings (SSSR count). The molecule has 2 aliphatic rings. The zero-order valence-electron chi connectivity index (χ0n) is 50.4. The SMILES string of the molecule is Cc1cc2c(N(c3cccc4ccccc34)c3cccc4ccccc34)ccc3c2n1-c1cc(N(c2ccc(C(C)C)cc2)c2ccc(C(C)C)cc2)cc2c1B3c1ccc(N(c3cccc4ccccc34)c3cccc4ccccc34)c3cc(C)n-2c13. The quantitative estimate of drug-likeness (QED) is 0.120. The van der Waals surface area contributed by atoms with Crippen LogP contribution in [0.3, 0.4) is 0 Å². The molecule has 2 aliphatic heterocycles. The summed E-state index contributed by atoms with van der Waals surface area (Å²) in [6.45, 7) is 13.6. The lowest BCUT2D eigenvalue weighted by Gasteiger charge is -2.37. The largest absolute Gasteiger partial charge is 0.315 e. The first-order valence-corrected chi connectivity index (χ1v) is 31.2. The van der Waals surface area contributed by atoms with Crippen LogP contribution in [0.15, 0.2) is 267 Å². The molecule has 4 heterocycles. The van der Waals surface area contributed by atoms with Gasteiger partial charge in [-0.3, -0.25) is 0 Å². The van der Waals surface area contributed by atoms with Crippen molar-refractivity contribution in [2.45, 2.75) is 53.4 Å². The highest BCUT2D eigenvalue weighted by atomic mass is 15.2. The Kier molecular flexibility index (Phi) is 11.8. The minimum Gasteiger partial charge on any atom is -0.315 e. The summed E-state index contributed by atoms with van der Waals surface area (Å²) in [6.07, 6.45) is 0. The minimum absolute atomic E-state index is 0.105. The maximum Gasteiger partial charge on any atom is 0.252 e. The molecule has 0 saturated carbocycles. The van der Waals surface area contributed by atoms with Gasteiger partial charge >= 0.3 is 0 Å². The van der Waals surface area contributed by atoms with Crippen LogP contribution >= 0.6 is 0 Å². The van der Waals surface area contributed by atoms with Crippen LogP contribution in [0.5, 0.6) is 0 Å². The molecule has 0 radical (unpaired) electrons. The molecule has 88 heavy (non-hydrogen) atoms. The van der Waals surface area contributed by atoms with Crippen LogP contribution in [0.4, 0.5) is 51.2 Å². The van der Waals surface area contributed by atoms with Gasteiger partial charge < -0.3 is 23.8 Å². The van der Waals surface area contributed by atoms with Gasteiger partial charge in [-0.25, -0.2) is 0 Å². The second-order valence-electron chi connectivity index (χ2n) is 24.9. The van der Waals surface area contributed by atoms with Gasteiger partial charge in [0.25, 0.3) is 6.71 Å². The Labute approximate surface area is 514 Å². The van der Waals surface area contributed by atoms with Crippen LogP contribution in [0.25, 0.3) is 76.3 Å². The van der Waals surface area contributed by atoms with Crippen molar-refractivity contribution in [1.82, 2.24) is 9.13 Å². The monoisotopic (exact) mass is 1130 g/mol. The molecule has 0 spiro atoms. The van der Waals surface area contributed by atoms with Crippen molar-refractivity contribution in [1.29, 1.82) is 0 Å². The number of anilines is 9. The summed E-state index contributed by atoms with van der Waals surface area (Å²) < 4.78 is 5.22. The normalized spacial score (nSPS) is 12.4. The molecule has 0 unspecified atom stereocenters. The van der Waals surface area contributed by atoms with E-state index in [0.29, 0.717) is 11.8 Å². The topological polar surface area (TPSA) is 19.6 Å². The van der Waals surface area contributed by atoms with E-state index in [1.165, 1.54) is 115 Å². The van der Waals surface area contributed by atoms with Gasteiger partial charge in [0, 0.05) is 66.5 Å². The zero-order chi connectivity index (χ0) is 59.1. The van der Waals surface area contributed by atoms with E-state index in [0.717, 1.165) is 51.2 Å². The van der Waals surface area contributed by atoms with Crippen LogP contribution in [-0.4, -0.2) is 15.8 Å². The Morgan fingerprint density at radius 1 is 0.295 bits per heavy atom. The Hall–Kier alpha value is -10.6. The molecule has 420 valence electrons. The molecule has 0 amide bonds. The average molecular weight is 1130 g/mol. The maximum atomic E-state index is 2.61. The highest BCUT2D eigenvalue weighted by Gasteiger charge is 2.42. The van der Waals surface area contributed by atoms with E-state index in [1.807, 2.05) is 0 Å². The third-order valence-corrected chi connectivity index (χ3v) is 19.2. The molecular weight excluding hydrogens is 1070 g/mol. The first kappa shape index (κ1) is 51.8. The van der Waals surface area contributed by atoms with E-state index in [1.54, 1.807) is 0 Å². The number of nitrogens with zero attached hydrogens (tertiary/aromatic N) is 5. The van der Waals surface area contributed by atoms with Crippen molar-refractivity contribution >= 4 is 139 Å². The number of hydrogen-bond acceptors (Lipinski definition) is 3. The van der Waals surface area contributed by atoms with E-state index in [4.69, 9.17) is 0 Å². The summed E-state index contributed by atoms with van der Waals surface area (Å²) in [6, 6.07) is 101. The smallest absolute Gasteiger partial charge is 0.252 e. The van der Waals surface area contributed by atoms with Gasteiger partial charge in [-0.2, -0.15) is 0 Å². The third-order valence-electron chi connectivity index (χ3n) is 19.2. The predicted molar refractivity (Wildman–Crippen MR) is 376 cm³/mol. The van der Waals surface area contributed by atoms with Gasteiger partial charge in [0.2, 0.25) is 0 Å². The van der Waals surface area contributed by atoms with Crippen LogP contribution < -0.4 is 31.1 Å². The molecule has 6 heteroatoms. The summed E-state index contributed by atoms with van der Waals surface area (Å²) in [5, 5.41) is 12.0. The Morgan fingerprint density at radius 3 is 0.955 bits per heavy atom. The van der Waals surface area contributed by atoms with Gasteiger partial charge in [-0.05, 0) is 160 Å². The summed E-state index contributed by atoms with van der Waals surface area (Å²) >= 11 is 0. The summed E-state index contributed by atoms with van der Waals surface area (Å²) in [5.74, 6) is 0.806. The molecule has 15 aromatic rings. The molecule has 0 atom stereocenters. The molecule has 0 saturated heterocycles. The van der Waals surface area contributed by atoms with Crippen LogP contribution in [0, 0.1) is 13.8 Å². The number of hydrogen-bond donors (Lipinski definition) is 0. The summed E-state index contributed by atoms with van der Waals surface area (Å²) in [4.78, 5) is 7.59. The number of rotatable bonds is 11. The Morgan fingerprint density at radius 2 is 0.614 bits per heavy atom. The van der Waals surface area contributed by atoms with Crippen LogP contribution in [-0.2, 0) is 0 Å². The molecule has 0 fully saturated rings. The standard InChI is InChI=1S/C82H64BN5/c1-51(2)55-35-39-61(40-36-55)86(62-41-37-56(38-42-62)52(3)4)63-49-78-80-79(50-63)85-54(6)48-69-77(88(74-33-17-25-59-21-9-13-29-66(59)74)75-34-18-26-60-22-10-14-30-67(60)75)46-44-71(82(69)85)83(80)70-43-45-76(68-47-53(5)84(78)81(68)70)87(72-31-15-23-57-19-7-11-27-64(57)72)73-32-16-24-58-20-8-12-28-65(58)73/h7-52H,1-6H3. The second-order valence-corrected chi connectivity index (χ2v) is 24.9. The fourth-order valence-electron chi connectivity index (χ4n) is 15.1. The van der Waals surface area contributed by atoms with Gasteiger partial charge in [0.1, 0.15) is 0 Å². The van der Waals surface area contributed by atoms with E-state index in [2.05, 4.69) is 332 Å². The zero-order valence-corrected chi connectivity index (χ0v) is 50.4. The first-order valence-electron chi connectivity index (χ1n) is 31.2. The maximum absolute atomic E-state index is 2.61. The molecular formula is C82H64BN5. The predicted octanol–water partition coefficient (Wildman–Crippen LogP) is 20.6. The van der Waals surface area contributed by atoms with E-state index in [-0.39, 0.29) is 6.71 Å². The molecule has 2 aromatic heterocycles. The molecule has 0 aliphatic carbocycles. The molecule has 13 aromatic carbocycles. The van der Waals surface area contributed by atoms with Gasteiger partial charge in [-0.15, -0.1) is 0 Å². The number of aromatic nitrogens is 2. The second kappa shape index (κ2) is 20.0.